The quantitative estimate of drug-likeness (QED) is 0.366. The van der Waals surface area contributed by atoms with Crippen molar-refractivity contribution in [2.45, 2.75) is 13.0 Å². The van der Waals surface area contributed by atoms with E-state index in [9.17, 15) is 4.79 Å². The molecule has 2 N–H and O–H groups in total. The topological polar surface area (TPSA) is 68.2 Å². The number of carbonyl (C=O) groups is 1. The van der Waals surface area contributed by atoms with Gasteiger partial charge < -0.3 is 15.4 Å². The van der Waals surface area contributed by atoms with Crippen LogP contribution in [0.15, 0.2) is 85.1 Å². The van der Waals surface area contributed by atoms with E-state index in [0.29, 0.717) is 16.4 Å². The average Bonchev–Trinajstić information content (AvgIpc) is 3.29. The summed E-state index contributed by atoms with van der Waals surface area (Å²) in [6, 6.07) is 22.8. The van der Waals surface area contributed by atoms with Crippen molar-refractivity contribution >= 4 is 34.7 Å². The van der Waals surface area contributed by atoms with Gasteiger partial charge in [0.2, 0.25) is 0 Å². The van der Waals surface area contributed by atoms with Crippen LogP contribution in [0.25, 0.3) is 5.70 Å². The Balaban J connectivity index is 1.57. The summed E-state index contributed by atoms with van der Waals surface area (Å²) < 4.78 is 7.20. The minimum atomic E-state index is -0.299. The SMILES string of the molecule is COc1cccc(C2=C[C@H](c3ccccc3Cl)n3ncc(C(=O)Nc4ccc(C)cc4)c3N2)c1. The zero-order valence-electron chi connectivity index (χ0n) is 18.7. The zero-order chi connectivity index (χ0) is 23.7. The van der Waals surface area contributed by atoms with Gasteiger partial charge in [-0.1, -0.05) is 59.6 Å². The number of nitrogens with one attached hydrogen (secondary N) is 2. The summed E-state index contributed by atoms with van der Waals surface area (Å²) >= 11 is 6.56. The second-order valence-electron chi connectivity index (χ2n) is 8.08. The number of amides is 1. The molecule has 1 aromatic heterocycles. The number of fused-ring (bicyclic) bond motifs is 1. The monoisotopic (exact) mass is 470 g/mol. The van der Waals surface area contributed by atoms with E-state index in [1.54, 1.807) is 18.0 Å². The van der Waals surface area contributed by atoms with Gasteiger partial charge in [-0.15, -0.1) is 0 Å². The van der Waals surface area contributed by atoms with Gasteiger partial charge in [-0.2, -0.15) is 5.10 Å². The molecule has 0 unspecified atom stereocenters. The lowest BCUT2D eigenvalue weighted by Gasteiger charge is -2.27. The van der Waals surface area contributed by atoms with Gasteiger partial charge in [0.15, 0.2) is 0 Å². The fourth-order valence-electron chi connectivity index (χ4n) is 3.99. The number of allylic oxidation sites excluding steroid dienone is 1. The third-order valence-corrected chi connectivity index (χ3v) is 6.14. The summed E-state index contributed by atoms with van der Waals surface area (Å²) in [4.78, 5) is 13.2. The van der Waals surface area contributed by atoms with Gasteiger partial charge in [-0.25, -0.2) is 4.68 Å². The van der Waals surface area contributed by atoms with Crippen LogP contribution in [-0.2, 0) is 0 Å². The first kappa shape index (κ1) is 21.8. The molecule has 5 rings (SSSR count). The summed E-state index contributed by atoms with van der Waals surface area (Å²) in [7, 11) is 1.64. The molecule has 2 heterocycles. The van der Waals surface area contributed by atoms with Crippen LogP contribution in [0.4, 0.5) is 11.5 Å². The predicted molar refractivity (Wildman–Crippen MR) is 136 cm³/mol. The minimum Gasteiger partial charge on any atom is -0.497 e. The Morgan fingerprint density at radius 1 is 1.09 bits per heavy atom. The smallest absolute Gasteiger partial charge is 0.261 e. The molecule has 7 heteroatoms. The van der Waals surface area contributed by atoms with E-state index >= 15 is 0 Å². The van der Waals surface area contributed by atoms with Gasteiger partial charge in [0.1, 0.15) is 23.2 Å². The van der Waals surface area contributed by atoms with E-state index in [-0.39, 0.29) is 11.9 Å². The van der Waals surface area contributed by atoms with E-state index in [1.807, 2.05) is 79.7 Å². The number of nitrogens with zero attached hydrogens (tertiary/aromatic N) is 2. The lowest BCUT2D eigenvalue weighted by atomic mass is 10.0. The number of hydrogen-bond acceptors (Lipinski definition) is 4. The van der Waals surface area contributed by atoms with Crippen LogP contribution >= 0.6 is 11.6 Å². The van der Waals surface area contributed by atoms with Crippen molar-refractivity contribution in [1.82, 2.24) is 9.78 Å². The van der Waals surface area contributed by atoms with Gasteiger partial charge in [0.05, 0.1) is 13.3 Å². The molecule has 170 valence electrons. The molecule has 4 aromatic rings. The van der Waals surface area contributed by atoms with Gasteiger partial charge in [0.25, 0.3) is 5.91 Å². The number of anilines is 2. The van der Waals surface area contributed by atoms with Crippen LogP contribution in [0.5, 0.6) is 5.75 Å². The molecular formula is C27H23ClN4O2. The summed E-state index contributed by atoms with van der Waals surface area (Å²) in [6.07, 6.45) is 3.63. The predicted octanol–water partition coefficient (Wildman–Crippen LogP) is 6.16. The molecule has 0 saturated carbocycles. The van der Waals surface area contributed by atoms with Gasteiger partial charge >= 0.3 is 0 Å². The molecule has 0 saturated heterocycles. The summed E-state index contributed by atoms with van der Waals surface area (Å²) in [5.41, 5.74) is 4.93. The van der Waals surface area contributed by atoms with Crippen molar-refractivity contribution in [3.63, 3.8) is 0 Å². The van der Waals surface area contributed by atoms with E-state index in [4.69, 9.17) is 16.3 Å². The molecule has 0 spiro atoms. The zero-order valence-corrected chi connectivity index (χ0v) is 19.5. The molecule has 0 bridgehead atoms. The number of aromatic nitrogens is 2. The molecule has 34 heavy (non-hydrogen) atoms. The van der Waals surface area contributed by atoms with Crippen LogP contribution in [0.2, 0.25) is 5.02 Å². The van der Waals surface area contributed by atoms with Gasteiger partial charge in [-0.05, 0) is 48.9 Å². The molecule has 3 aromatic carbocycles. The van der Waals surface area contributed by atoms with E-state index < -0.39 is 0 Å². The number of ether oxygens (including phenoxy) is 1. The lowest BCUT2D eigenvalue weighted by molar-refractivity contribution is 0.102. The Labute approximate surface area is 202 Å². The molecule has 6 nitrogen and oxygen atoms in total. The van der Waals surface area contributed by atoms with Crippen molar-refractivity contribution in [2.75, 3.05) is 17.7 Å². The summed E-state index contributed by atoms with van der Waals surface area (Å²) in [5, 5.41) is 11.6. The second-order valence-corrected chi connectivity index (χ2v) is 8.48. The van der Waals surface area contributed by atoms with Crippen molar-refractivity contribution in [3.05, 3.63) is 112 Å². The Bertz CT molecular complexity index is 1390. The first-order valence-electron chi connectivity index (χ1n) is 10.9. The van der Waals surface area contributed by atoms with Crippen molar-refractivity contribution in [2.24, 2.45) is 0 Å². The number of aryl methyl sites for hydroxylation is 1. The normalized spacial score (nSPS) is 14.6. The molecule has 1 atom stereocenters. The number of methoxy groups -OCH3 is 1. The summed E-state index contributed by atoms with van der Waals surface area (Å²) in [6.45, 7) is 2.00. The highest BCUT2D eigenvalue weighted by Gasteiger charge is 2.29. The highest BCUT2D eigenvalue weighted by atomic mass is 35.5. The fourth-order valence-corrected chi connectivity index (χ4v) is 4.24. The maximum Gasteiger partial charge on any atom is 0.261 e. The average molecular weight is 471 g/mol. The number of halogens is 1. The van der Waals surface area contributed by atoms with E-state index in [2.05, 4.69) is 21.8 Å². The van der Waals surface area contributed by atoms with Crippen molar-refractivity contribution < 1.29 is 9.53 Å². The Morgan fingerprint density at radius 2 is 1.88 bits per heavy atom. The molecule has 0 radical (unpaired) electrons. The van der Waals surface area contributed by atoms with E-state index in [0.717, 1.165) is 33.8 Å². The van der Waals surface area contributed by atoms with Crippen molar-refractivity contribution in [1.29, 1.82) is 0 Å². The number of rotatable bonds is 5. The number of hydrogen-bond donors (Lipinski definition) is 2. The highest BCUT2D eigenvalue weighted by molar-refractivity contribution is 6.31. The highest BCUT2D eigenvalue weighted by Crippen LogP contribution is 2.38. The first-order valence-corrected chi connectivity index (χ1v) is 11.2. The fraction of sp³-hybridized carbons (Fsp3) is 0.111. The third-order valence-electron chi connectivity index (χ3n) is 5.80. The largest absolute Gasteiger partial charge is 0.497 e. The van der Waals surface area contributed by atoms with E-state index in [1.165, 1.54) is 0 Å². The van der Waals surface area contributed by atoms with Gasteiger partial charge in [-0.3, -0.25) is 4.79 Å². The van der Waals surface area contributed by atoms with Crippen LogP contribution in [0.1, 0.15) is 33.1 Å². The van der Waals surface area contributed by atoms with Crippen LogP contribution in [0.3, 0.4) is 0 Å². The maximum absolute atomic E-state index is 13.2. The molecule has 1 amide bonds. The molecule has 1 aliphatic heterocycles. The Morgan fingerprint density at radius 3 is 2.65 bits per heavy atom. The Kier molecular flexibility index (Phi) is 5.82. The third kappa shape index (κ3) is 4.16. The molecule has 0 fully saturated rings. The lowest BCUT2D eigenvalue weighted by Crippen LogP contribution is -2.22. The Hall–Kier alpha value is -4.03. The summed E-state index contributed by atoms with van der Waals surface area (Å²) in [5.74, 6) is 1.09. The molecule has 1 aliphatic rings. The van der Waals surface area contributed by atoms with Gasteiger partial charge in [0, 0.05) is 22.0 Å². The van der Waals surface area contributed by atoms with Crippen molar-refractivity contribution in [3.8, 4) is 5.75 Å². The maximum atomic E-state index is 13.2. The van der Waals surface area contributed by atoms with Crippen LogP contribution in [-0.4, -0.2) is 22.8 Å². The molecular weight excluding hydrogens is 448 g/mol. The number of carbonyl (C=O) groups excluding carboxylic acids is 1. The second kappa shape index (κ2) is 9.08. The molecule has 0 aliphatic carbocycles. The first-order chi connectivity index (χ1) is 16.5. The van der Waals surface area contributed by atoms with Crippen LogP contribution in [0, 0.1) is 6.92 Å². The standard InChI is InChI=1S/C27H23ClN4O2/c1-17-10-12-19(13-11-17)30-27(33)22-16-29-32-25(21-8-3-4-9-23(21)28)15-24(31-26(22)32)18-6-5-7-20(14-18)34-2/h3-16,25,31H,1-2H3,(H,30,33)/t25-/m1/s1. The minimum absolute atomic E-state index is 0.248. The van der Waals surface area contributed by atoms with Crippen LogP contribution < -0.4 is 15.4 Å². The number of benzene rings is 3.